The van der Waals surface area contributed by atoms with E-state index in [4.69, 9.17) is 9.97 Å². The van der Waals surface area contributed by atoms with E-state index in [1.54, 1.807) is 11.9 Å². The number of imidazole rings is 1. The standard InChI is InChI=1S/C24H23N5OS/c1-28(24(16-25)13-7-2-8-14-24)21(30)15-31-23-27-18-10-4-3-9-17(18)22-26-19-11-5-6-12-20(19)29(22)23/h3-6,9-12H,2,7-8,13-15H2,1H3. The molecular weight excluding hydrogens is 406 g/mol. The number of thioether (sulfide) groups is 1. The molecule has 0 atom stereocenters. The van der Waals surface area contributed by atoms with Gasteiger partial charge in [-0.2, -0.15) is 5.26 Å². The van der Waals surface area contributed by atoms with E-state index in [0.29, 0.717) is 0 Å². The van der Waals surface area contributed by atoms with Crippen LogP contribution < -0.4 is 0 Å². The molecule has 0 saturated heterocycles. The molecule has 1 aliphatic carbocycles. The first kappa shape index (κ1) is 19.8. The van der Waals surface area contributed by atoms with Crippen LogP contribution in [-0.4, -0.2) is 43.5 Å². The summed E-state index contributed by atoms with van der Waals surface area (Å²) in [5.74, 6) is 0.188. The van der Waals surface area contributed by atoms with Crippen molar-refractivity contribution >= 4 is 45.3 Å². The molecule has 2 aromatic heterocycles. The zero-order valence-corrected chi connectivity index (χ0v) is 18.2. The molecule has 0 radical (unpaired) electrons. The summed E-state index contributed by atoms with van der Waals surface area (Å²) in [5.41, 5.74) is 2.89. The highest BCUT2D eigenvalue weighted by atomic mass is 32.2. The molecule has 1 saturated carbocycles. The lowest BCUT2D eigenvalue weighted by atomic mass is 9.81. The normalized spacial score (nSPS) is 15.9. The highest BCUT2D eigenvalue weighted by molar-refractivity contribution is 7.99. The summed E-state index contributed by atoms with van der Waals surface area (Å²) in [5, 5.41) is 11.5. The Balaban J connectivity index is 1.51. The minimum absolute atomic E-state index is 0.0408. The number of hydrogen-bond donors (Lipinski definition) is 0. The molecule has 2 heterocycles. The Bertz CT molecular complexity index is 1330. The van der Waals surface area contributed by atoms with Crippen LogP contribution in [0.25, 0.3) is 27.6 Å². The van der Waals surface area contributed by atoms with Crippen molar-refractivity contribution in [2.24, 2.45) is 0 Å². The molecule has 156 valence electrons. The quantitative estimate of drug-likeness (QED) is 0.344. The van der Waals surface area contributed by atoms with Crippen LogP contribution in [0.5, 0.6) is 0 Å². The van der Waals surface area contributed by atoms with Crippen LogP contribution in [0.15, 0.2) is 53.7 Å². The number of fused-ring (bicyclic) bond motifs is 5. The van der Waals surface area contributed by atoms with E-state index < -0.39 is 5.54 Å². The Kier molecular flexibility index (Phi) is 5.03. The first-order chi connectivity index (χ1) is 15.1. The van der Waals surface area contributed by atoms with Gasteiger partial charge in [-0.25, -0.2) is 9.97 Å². The Morgan fingerprint density at radius 1 is 1.10 bits per heavy atom. The second-order valence-electron chi connectivity index (χ2n) is 8.12. The van der Waals surface area contributed by atoms with Crippen molar-refractivity contribution in [1.82, 2.24) is 19.3 Å². The van der Waals surface area contributed by atoms with Crippen molar-refractivity contribution in [3.8, 4) is 6.07 Å². The molecule has 4 aromatic rings. The van der Waals surface area contributed by atoms with Gasteiger partial charge in [0.1, 0.15) is 11.2 Å². The van der Waals surface area contributed by atoms with Crippen LogP contribution in [0.1, 0.15) is 32.1 Å². The topological polar surface area (TPSA) is 74.3 Å². The van der Waals surface area contributed by atoms with Gasteiger partial charge >= 0.3 is 0 Å². The van der Waals surface area contributed by atoms with Gasteiger partial charge in [0, 0.05) is 12.4 Å². The largest absolute Gasteiger partial charge is 0.326 e. The lowest BCUT2D eigenvalue weighted by Gasteiger charge is -2.39. The minimum Gasteiger partial charge on any atom is -0.326 e. The second kappa shape index (κ2) is 7.86. The van der Waals surface area contributed by atoms with E-state index in [1.807, 2.05) is 52.9 Å². The number of carbonyl (C=O) groups excluding carboxylic acids is 1. The van der Waals surface area contributed by atoms with Crippen molar-refractivity contribution in [2.45, 2.75) is 42.8 Å². The molecule has 1 fully saturated rings. The van der Waals surface area contributed by atoms with Crippen molar-refractivity contribution in [1.29, 1.82) is 5.26 Å². The van der Waals surface area contributed by atoms with Crippen molar-refractivity contribution in [3.05, 3.63) is 48.5 Å². The van der Waals surface area contributed by atoms with Crippen LogP contribution in [0.2, 0.25) is 0 Å². The van der Waals surface area contributed by atoms with Gasteiger partial charge in [-0.1, -0.05) is 55.3 Å². The summed E-state index contributed by atoms with van der Waals surface area (Å²) in [6.07, 6.45) is 4.62. The van der Waals surface area contributed by atoms with Crippen molar-refractivity contribution < 1.29 is 4.79 Å². The Morgan fingerprint density at radius 2 is 1.81 bits per heavy atom. The van der Waals surface area contributed by atoms with Gasteiger partial charge in [0.25, 0.3) is 0 Å². The molecular formula is C24H23N5OS. The van der Waals surface area contributed by atoms with E-state index in [2.05, 4.69) is 6.07 Å². The second-order valence-corrected chi connectivity index (χ2v) is 9.06. The van der Waals surface area contributed by atoms with Crippen LogP contribution in [-0.2, 0) is 4.79 Å². The Labute approximate surface area is 184 Å². The molecule has 2 aromatic carbocycles. The van der Waals surface area contributed by atoms with Gasteiger partial charge in [-0.15, -0.1) is 0 Å². The van der Waals surface area contributed by atoms with Crippen LogP contribution >= 0.6 is 11.8 Å². The lowest BCUT2D eigenvalue weighted by molar-refractivity contribution is -0.131. The maximum atomic E-state index is 13.1. The van der Waals surface area contributed by atoms with Crippen LogP contribution in [0, 0.1) is 11.3 Å². The minimum atomic E-state index is -0.677. The molecule has 6 nitrogen and oxygen atoms in total. The zero-order chi connectivity index (χ0) is 21.4. The van der Waals surface area contributed by atoms with Crippen molar-refractivity contribution in [3.63, 3.8) is 0 Å². The van der Waals surface area contributed by atoms with E-state index in [1.165, 1.54) is 11.8 Å². The van der Waals surface area contributed by atoms with Gasteiger partial charge in [-0.3, -0.25) is 9.20 Å². The average molecular weight is 430 g/mol. The fraction of sp³-hybridized carbons (Fsp3) is 0.333. The monoisotopic (exact) mass is 429 g/mol. The SMILES string of the molecule is CN(C(=O)CSc1nc2ccccc2c2nc3ccccc3n12)C1(C#N)CCCCC1. The van der Waals surface area contributed by atoms with Gasteiger partial charge < -0.3 is 4.90 Å². The number of carbonyl (C=O) groups is 1. The van der Waals surface area contributed by atoms with Crippen LogP contribution in [0.3, 0.4) is 0 Å². The first-order valence-electron chi connectivity index (χ1n) is 10.6. The van der Waals surface area contributed by atoms with Gasteiger partial charge in [-0.05, 0) is 37.1 Å². The molecule has 1 aliphatic rings. The van der Waals surface area contributed by atoms with E-state index >= 15 is 0 Å². The zero-order valence-electron chi connectivity index (χ0n) is 17.4. The lowest BCUT2D eigenvalue weighted by Crippen LogP contribution is -2.50. The maximum Gasteiger partial charge on any atom is 0.234 e. The number of rotatable bonds is 4. The Morgan fingerprint density at radius 3 is 2.58 bits per heavy atom. The number of para-hydroxylation sites is 3. The third kappa shape index (κ3) is 3.31. The highest BCUT2D eigenvalue weighted by Crippen LogP contribution is 2.34. The summed E-state index contributed by atoms with van der Waals surface area (Å²) in [6.45, 7) is 0. The van der Waals surface area contributed by atoms with E-state index in [-0.39, 0.29) is 11.7 Å². The number of aromatic nitrogens is 3. The molecule has 31 heavy (non-hydrogen) atoms. The van der Waals surface area contributed by atoms with E-state index in [9.17, 15) is 10.1 Å². The predicted octanol–water partition coefficient (Wildman–Crippen LogP) is 4.81. The molecule has 0 bridgehead atoms. The average Bonchev–Trinajstić information content (AvgIpc) is 3.22. The van der Waals surface area contributed by atoms with Crippen LogP contribution in [0.4, 0.5) is 0 Å². The number of amides is 1. The summed E-state index contributed by atoms with van der Waals surface area (Å²) >= 11 is 1.41. The fourth-order valence-electron chi connectivity index (χ4n) is 4.53. The van der Waals surface area contributed by atoms with Gasteiger partial charge in [0.2, 0.25) is 5.91 Å². The molecule has 0 spiro atoms. The molecule has 5 rings (SSSR count). The molecule has 1 amide bonds. The molecule has 0 N–H and O–H groups in total. The van der Waals surface area contributed by atoms with Gasteiger partial charge in [0.05, 0.1) is 28.4 Å². The summed E-state index contributed by atoms with van der Waals surface area (Å²) in [7, 11) is 1.77. The number of hydrogen-bond acceptors (Lipinski definition) is 5. The van der Waals surface area contributed by atoms with Crippen molar-refractivity contribution in [2.75, 3.05) is 12.8 Å². The Hall–Kier alpha value is -3.11. The smallest absolute Gasteiger partial charge is 0.234 e. The highest BCUT2D eigenvalue weighted by Gasteiger charge is 2.38. The molecule has 0 aliphatic heterocycles. The predicted molar refractivity (Wildman–Crippen MR) is 123 cm³/mol. The van der Waals surface area contributed by atoms with Gasteiger partial charge in [0.15, 0.2) is 5.16 Å². The third-order valence-corrected chi connectivity index (χ3v) is 7.27. The molecule has 0 unspecified atom stereocenters. The third-order valence-electron chi connectivity index (χ3n) is 6.34. The first-order valence-corrected chi connectivity index (χ1v) is 11.6. The summed E-state index contributed by atoms with van der Waals surface area (Å²) < 4.78 is 2.04. The fourth-order valence-corrected chi connectivity index (χ4v) is 5.45. The number of nitrogens with zero attached hydrogens (tertiary/aromatic N) is 5. The number of nitriles is 1. The molecule has 7 heteroatoms. The summed E-state index contributed by atoms with van der Waals surface area (Å²) in [6, 6.07) is 18.4. The van der Waals surface area contributed by atoms with E-state index in [0.717, 1.165) is 64.8 Å². The maximum absolute atomic E-state index is 13.1. The number of benzene rings is 2. The summed E-state index contributed by atoms with van der Waals surface area (Å²) in [4.78, 5) is 24.4.